The van der Waals surface area contributed by atoms with E-state index in [2.05, 4.69) is 23.8 Å². The molecule has 0 aliphatic carbocycles. The summed E-state index contributed by atoms with van der Waals surface area (Å²) >= 11 is 0. The van der Waals surface area contributed by atoms with Crippen LogP contribution in [0.1, 0.15) is 98.3 Å². The van der Waals surface area contributed by atoms with Gasteiger partial charge < -0.3 is 20.2 Å². The Hall–Kier alpha value is -3.52. The lowest BCUT2D eigenvalue weighted by Crippen LogP contribution is -2.44. The van der Waals surface area contributed by atoms with Crippen LogP contribution in [-0.2, 0) is 16.0 Å². The summed E-state index contributed by atoms with van der Waals surface area (Å²) in [4.78, 5) is 30.7. The zero-order valence-corrected chi connectivity index (χ0v) is 27.8. The van der Waals surface area contributed by atoms with Gasteiger partial charge in [0, 0.05) is 38.3 Å². The van der Waals surface area contributed by atoms with E-state index in [1.807, 2.05) is 38.1 Å². The molecule has 0 spiro atoms. The van der Waals surface area contributed by atoms with Crippen molar-refractivity contribution >= 4 is 28.4 Å². The Kier molecular flexibility index (Phi) is 13.3. The molecule has 0 aliphatic heterocycles. The summed E-state index contributed by atoms with van der Waals surface area (Å²) in [5, 5.41) is 3.42. The fraction of sp³-hybridized carbons (Fsp3) is 0.541. The molecule has 0 amide bonds. The third kappa shape index (κ3) is 10.8. The quantitative estimate of drug-likeness (QED) is 0.0904. The fourth-order valence-corrected chi connectivity index (χ4v) is 5.44. The molecule has 4 unspecified atom stereocenters. The average molecular weight is 622 g/mol. The predicted molar refractivity (Wildman–Crippen MR) is 180 cm³/mol. The molecular formula is C37H52FN3O4. The van der Waals surface area contributed by atoms with E-state index in [-0.39, 0.29) is 23.1 Å². The number of halogens is 1. The highest BCUT2D eigenvalue weighted by Crippen LogP contribution is 2.32. The number of nitrogens with zero attached hydrogens (tertiary/aromatic N) is 1. The van der Waals surface area contributed by atoms with Crippen molar-refractivity contribution in [1.29, 1.82) is 0 Å². The first-order valence-corrected chi connectivity index (χ1v) is 16.4. The number of rotatable bonds is 21. The second kappa shape index (κ2) is 16.7. The Balaban J connectivity index is 1.48. The normalized spacial score (nSPS) is 15.5. The molecule has 0 saturated heterocycles. The molecule has 7 nitrogen and oxygen atoms in total. The maximum Gasteiger partial charge on any atom is 0.266 e. The van der Waals surface area contributed by atoms with Crippen LogP contribution in [0.15, 0.2) is 65.1 Å². The van der Waals surface area contributed by atoms with Crippen LogP contribution in [0.3, 0.4) is 0 Å². The first-order valence-electron chi connectivity index (χ1n) is 16.4. The number of unbranched alkanes of at least 4 members (excludes halogenated alkanes) is 1. The number of benzene rings is 2. The molecule has 3 aromatic rings. The number of fused-ring (bicyclic) bond motifs is 1. The van der Waals surface area contributed by atoms with Gasteiger partial charge in [0.25, 0.3) is 5.85 Å². The van der Waals surface area contributed by atoms with Crippen molar-refractivity contribution in [3.05, 3.63) is 66.6 Å². The summed E-state index contributed by atoms with van der Waals surface area (Å²) in [7, 11) is 0. The number of nitrogens with one attached hydrogen (secondary N) is 1. The summed E-state index contributed by atoms with van der Waals surface area (Å²) in [5.41, 5.74) is 7.72. The number of para-hydroxylation sites is 2. The Morgan fingerprint density at radius 1 is 1.07 bits per heavy atom. The van der Waals surface area contributed by atoms with Gasteiger partial charge in [-0.05, 0) is 99.9 Å². The molecule has 45 heavy (non-hydrogen) atoms. The van der Waals surface area contributed by atoms with Gasteiger partial charge in [-0.2, -0.15) is 4.39 Å². The number of hydrogen-bond acceptors (Lipinski definition) is 7. The van der Waals surface area contributed by atoms with Gasteiger partial charge >= 0.3 is 0 Å². The molecule has 0 aliphatic rings. The van der Waals surface area contributed by atoms with E-state index >= 15 is 0 Å². The van der Waals surface area contributed by atoms with Crippen LogP contribution in [0.4, 0.5) is 10.1 Å². The van der Waals surface area contributed by atoms with Crippen LogP contribution in [0.25, 0.3) is 11.1 Å². The van der Waals surface area contributed by atoms with Crippen LogP contribution < -0.4 is 15.8 Å². The van der Waals surface area contributed by atoms with Gasteiger partial charge in [-0.25, -0.2) is 4.98 Å². The minimum Gasteiger partial charge on any atom is -0.454 e. The van der Waals surface area contributed by atoms with E-state index in [1.54, 1.807) is 31.2 Å². The number of ether oxygens (including phenoxy) is 1. The third-order valence-electron chi connectivity index (χ3n) is 9.02. The first kappa shape index (κ1) is 36.0. The molecule has 3 rings (SSSR count). The van der Waals surface area contributed by atoms with Gasteiger partial charge in [-0.3, -0.25) is 9.59 Å². The minimum atomic E-state index is -1.96. The molecule has 0 fully saturated rings. The topological polar surface area (TPSA) is 107 Å². The molecule has 246 valence electrons. The van der Waals surface area contributed by atoms with E-state index in [0.29, 0.717) is 56.2 Å². The summed E-state index contributed by atoms with van der Waals surface area (Å²) in [6.07, 6.45) is 7.04. The van der Waals surface area contributed by atoms with E-state index in [1.165, 1.54) is 6.92 Å². The smallest absolute Gasteiger partial charge is 0.266 e. The number of anilines is 1. The van der Waals surface area contributed by atoms with Crippen molar-refractivity contribution in [2.75, 3.05) is 11.9 Å². The average Bonchev–Trinajstić information content (AvgIpc) is 3.44. The highest BCUT2D eigenvalue weighted by molar-refractivity contribution is 5.91. The lowest BCUT2D eigenvalue weighted by molar-refractivity contribution is -0.124. The first-order chi connectivity index (χ1) is 21.4. The number of alkyl halides is 1. The zero-order chi connectivity index (χ0) is 33.0. The highest BCUT2D eigenvalue weighted by atomic mass is 19.2. The van der Waals surface area contributed by atoms with E-state index < -0.39 is 11.4 Å². The minimum absolute atomic E-state index is 0.159. The molecular weight excluding hydrogens is 569 g/mol. The molecule has 2 aromatic carbocycles. The lowest BCUT2D eigenvalue weighted by Gasteiger charge is -2.33. The molecule has 1 heterocycles. The second-order valence-electron chi connectivity index (χ2n) is 12.8. The molecule has 0 radical (unpaired) electrons. The van der Waals surface area contributed by atoms with Gasteiger partial charge in [0.2, 0.25) is 0 Å². The van der Waals surface area contributed by atoms with Gasteiger partial charge in [-0.15, -0.1) is 0 Å². The van der Waals surface area contributed by atoms with Crippen molar-refractivity contribution in [2.45, 2.75) is 110 Å². The predicted octanol–water partition coefficient (Wildman–Crippen LogP) is 8.76. The molecule has 1 aromatic heterocycles. The van der Waals surface area contributed by atoms with Crippen molar-refractivity contribution in [2.24, 2.45) is 17.6 Å². The molecule has 4 atom stereocenters. The van der Waals surface area contributed by atoms with Crippen molar-refractivity contribution in [3.63, 3.8) is 0 Å². The van der Waals surface area contributed by atoms with Gasteiger partial charge in [0.1, 0.15) is 17.0 Å². The number of nitrogens with two attached hydrogens (primary N) is 1. The molecule has 0 saturated carbocycles. The van der Waals surface area contributed by atoms with Gasteiger partial charge in [-0.1, -0.05) is 45.4 Å². The van der Waals surface area contributed by atoms with Crippen molar-refractivity contribution in [1.82, 2.24) is 4.98 Å². The molecule has 0 bridgehead atoms. The summed E-state index contributed by atoms with van der Waals surface area (Å²) in [5.74, 6) is -0.0423. The van der Waals surface area contributed by atoms with Crippen LogP contribution >= 0.6 is 0 Å². The Labute approximate surface area is 268 Å². The zero-order valence-electron chi connectivity index (χ0n) is 27.8. The molecule has 3 N–H and O–H groups in total. The summed E-state index contributed by atoms with van der Waals surface area (Å²) in [6.45, 7) is 13.3. The Morgan fingerprint density at radius 3 is 2.42 bits per heavy atom. The van der Waals surface area contributed by atoms with Crippen molar-refractivity contribution in [3.8, 4) is 5.75 Å². The fourth-order valence-electron chi connectivity index (χ4n) is 5.44. The van der Waals surface area contributed by atoms with E-state index in [0.717, 1.165) is 48.9 Å². The highest BCUT2D eigenvalue weighted by Gasteiger charge is 2.34. The van der Waals surface area contributed by atoms with Crippen LogP contribution in [0.5, 0.6) is 5.75 Å². The van der Waals surface area contributed by atoms with Gasteiger partial charge in [0.15, 0.2) is 17.3 Å². The van der Waals surface area contributed by atoms with Crippen LogP contribution in [-0.4, -0.2) is 34.5 Å². The maximum absolute atomic E-state index is 14.5. The number of carbonyl (C=O) groups is 2. The number of oxazole rings is 1. The number of Topliss-reactive ketones (excluding diaryl/α,β-unsaturated/α-hetero) is 2. The van der Waals surface area contributed by atoms with E-state index in [4.69, 9.17) is 14.9 Å². The summed E-state index contributed by atoms with van der Waals surface area (Å²) < 4.78 is 25.7. The van der Waals surface area contributed by atoms with Crippen LogP contribution in [0.2, 0.25) is 0 Å². The van der Waals surface area contributed by atoms with E-state index in [9.17, 15) is 14.0 Å². The second-order valence-corrected chi connectivity index (χ2v) is 12.8. The SMILES string of the molecule is C=C(C)C(C)(F)Oc1ccc(NC(C)(CC)C(=O)CC(CCCN)C(C)CCCCC(=O)CCc2nc3ccccc3o2)cc1. The van der Waals surface area contributed by atoms with Gasteiger partial charge in [0.05, 0.1) is 5.54 Å². The van der Waals surface area contributed by atoms with Crippen molar-refractivity contribution < 1.29 is 23.1 Å². The number of carbonyl (C=O) groups excluding carboxylic acids is 2. The maximum atomic E-state index is 14.5. The largest absolute Gasteiger partial charge is 0.454 e. The monoisotopic (exact) mass is 621 g/mol. The lowest BCUT2D eigenvalue weighted by atomic mass is 9.78. The number of ketones is 2. The Morgan fingerprint density at radius 2 is 1.78 bits per heavy atom. The standard InChI is InChI=1S/C37H52FN3O4/c1-7-36(5,41-29-18-21-31(22-19-29)45-37(6,38)26(2)3)34(43)25-28(14-12-24-39)27(4)13-8-9-15-30(42)20-23-35-40-32-16-10-11-17-33(32)44-35/h10-11,16-19,21-22,27-28,41H,2,7-9,12-15,20,23-25,39H2,1,3-6H3. The van der Waals surface area contributed by atoms with Crippen LogP contribution in [0, 0.1) is 11.8 Å². The Bertz CT molecular complexity index is 1370. The third-order valence-corrected chi connectivity index (χ3v) is 9.02. The number of hydrogen-bond donors (Lipinski definition) is 2. The number of aryl methyl sites for hydroxylation is 1. The molecule has 8 heteroatoms. The number of aromatic nitrogens is 1. The summed E-state index contributed by atoms with van der Waals surface area (Å²) in [6, 6.07) is 14.6.